The summed E-state index contributed by atoms with van der Waals surface area (Å²) in [6.07, 6.45) is 3.21. The van der Waals surface area contributed by atoms with Crippen LogP contribution in [0.1, 0.15) is 40.7 Å². The van der Waals surface area contributed by atoms with Crippen molar-refractivity contribution >= 4 is 16.0 Å². The van der Waals surface area contributed by atoms with Crippen LogP contribution >= 0.6 is 0 Å². The minimum atomic E-state index is -3.67. The maximum atomic E-state index is 13.1. The third kappa shape index (κ3) is 3.08. The molecule has 6 nitrogen and oxygen atoms in total. The number of likely N-dealkylation sites (tertiary alicyclic amines) is 1. The summed E-state index contributed by atoms with van der Waals surface area (Å²) in [7, 11) is -3.67. The van der Waals surface area contributed by atoms with Gasteiger partial charge in [0, 0.05) is 19.1 Å². The molecule has 0 aliphatic carbocycles. The van der Waals surface area contributed by atoms with Gasteiger partial charge in [-0.25, -0.2) is 13.2 Å². The van der Waals surface area contributed by atoms with Crippen molar-refractivity contribution < 1.29 is 18.3 Å². The van der Waals surface area contributed by atoms with E-state index < -0.39 is 16.0 Å². The van der Waals surface area contributed by atoms with Gasteiger partial charge in [0.2, 0.25) is 10.0 Å². The fourth-order valence-corrected chi connectivity index (χ4v) is 5.51. The Bertz CT molecular complexity index is 754. The van der Waals surface area contributed by atoms with Crippen LogP contribution in [0.3, 0.4) is 0 Å². The van der Waals surface area contributed by atoms with Gasteiger partial charge in [0.15, 0.2) is 0 Å². The molecule has 0 spiro atoms. The number of aryl methyl sites for hydroxylation is 1. The summed E-state index contributed by atoms with van der Waals surface area (Å²) < 4.78 is 27.6. The molecule has 0 unspecified atom stereocenters. The van der Waals surface area contributed by atoms with Crippen molar-refractivity contribution in [2.24, 2.45) is 0 Å². The molecule has 0 bridgehead atoms. The lowest BCUT2D eigenvalue weighted by molar-refractivity contribution is 0.0696. The Hall–Kier alpha value is -1.44. The number of nitrogens with zero attached hydrogens (tertiary/aromatic N) is 2. The first-order valence-electron chi connectivity index (χ1n) is 8.39. The summed E-state index contributed by atoms with van der Waals surface area (Å²) >= 11 is 0. The highest BCUT2D eigenvalue weighted by atomic mass is 32.2. The lowest BCUT2D eigenvalue weighted by Gasteiger charge is -2.24. The Kier molecular flexibility index (Phi) is 4.68. The third-order valence-electron chi connectivity index (χ3n) is 5.27. The van der Waals surface area contributed by atoms with E-state index in [2.05, 4.69) is 4.90 Å². The van der Waals surface area contributed by atoms with Gasteiger partial charge < -0.3 is 5.11 Å². The molecule has 2 aliphatic heterocycles. The fraction of sp³-hybridized carbons (Fsp3) is 0.588. The topological polar surface area (TPSA) is 77.9 Å². The Morgan fingerprint density at radius 3 is 2.46 bits per heavy atom. The van der Waals surface area contributed by atoms with E-state index in [9.17, 15) is 18.3 Å². The fourth-order valence-electron chi connectivity index (χ4n) is 3.69. The van der Waals surface area contributed by atoms with Crippen LogP contribution in [0, 0.1) is 13.8 Å². The summed E-state index contributed by atoms with van der Waals surface area (Å²) in [6.45, 7) is 6.58. The average molecular weight is 352 g/mol. The molecule has 0 radical (unpaired) electrons. The van der Waals surface area contributed by atoms with Crippen LogP contribution in [-0.4, -0.2) is 60.9 Å². The van der Waals surface area contributed by atoms with Crippen molar-refractivity contribution in [3.8, 4) is 0 Å². The molecule has 2 heterocycles. The van der Waals surface area contributed by atoms with E-state index in [4.69, 9.17) is 0 Å². The number of benzene rings is 1. The van der Waals surface area contributed by atoms with Crippen molar-refractivity contribution in [3.05, 3.63) is 28.8 Å². The Morgan fingerprint density at radius 2 is 1.83 bits per heavy atom. The van der Waals surface area contributed by atoms with Gasteiger partial charge >= 0.3 is 5.97 Å². The maximum absolute atomic E-state index is 13.1. The molecule has 2 aliphatic rings. The van der Waals surface area contributed by atoms with Crippen molar-refractivity contribution in [1.82, 2.24) is 9.21 Å². The average Bonchev–Trinajstić information content (AvgIpc) is 3.20. The Morgan fingerprint density at radius 1 is 1.17 bits per heavy atom. The molecular weight excluding hydrogens is 328 g/mol. The van der Waals surface area contributed by atoms with Crippen molar-refractivity contribution in [3.63, 3.8) is 0 Å². The van der Waals surface area contributed by atoms with E-state index in [1.54, 1.807) is 13.8 Å². The van der Waals surface area contributed by atoms with Crippen LogP contribution in [0.2, 0.25) is 0 Å². The van der Waals surface area contributed by atoms with Crippen molar-refractivity contribution in [2.45, 2.75) is 44.0 Å². The highest BCUT2D eigenvalue weighted by Gasteiger charge is 2.37. The predicted octanol–water partition coefficient (Wildman–Crippen LogP) is 1.86. The molecule has 2 saturated heterocycles. The predicted molar refractivity (Wildman–Crippen MR) is 90.8 cm³/mol. The summed E-state index contributed by atoms with van der Waals surface area (Å²) in [5, 5.41) is 9.23. The number of hydrogen-bond donors (Lipinski definition) is 1. The van der Waals surface area contributed by atoms with Gasteiger partial charge in [-0.2, -0.15) is 4.31 Å². The summed E-state index contributed by atoms with van der Waals surface area (Å²) in [5.41, 5.74) is 1.33. The van der Waals surface area contributed by atoms with Crippen LogP contribution < -0.4 is 0 Å². The number of rotatable bonds is 4. The normalized spacial score (nSPS) is 23.0. The molecule has 0 saturated carbocycles. The van der Waals surface area contributed by atoms with Gasteiger partial charge in [-0.05, 0) is 69.5 Å². The van der Waals surface area contributed by atoms with E-state index >= 15 is 0 Å². The molecule has 7 heteroatoms. The van der Waals surface area contributed by atoms with Gasteiger partial charge in [-0.3, -0.25) is 4.90 Å². The minimum Gasteiger partial charge on any atom is -0.478 e. The monoisotopic (exact) mass is 352 g/mol. The van der Waals surface area contributed by atoms with E-state index in [0.717, 1.165) is 19.5 Å². The van der Waals surface area contributed by atoms with Gasteiger partial charge in [0.25, 0.3) is 0 Å². The van der Waals surface area contributed by atoms with Gasteiger partial charge in [-0.1, -0.05) is 0 Å². The number of carboxylic acids is 1. The first-order chi connectivity index (χ1) is 11.3. The summed E-state index contributed by atoms with van der Waals surface area (Å²) in [6, 6.07) is 3.10. The second-order valence-corrected chi connectivity index (χ2v) is 8.68. The van der Waals surface area contributed by atoms with Crippen LogP contribution in [-0.2, 0) is 10.0 Å². The molecule has 0 amide bonds. The van der Waals surface area contributed by atoms with Gasteiger partial charge in [0.05, 0.1) is 10.5 Å². The second-order valence-electron chi connectivity index (χ2n) is 6.77. The molecule has 132 valence electrons. The van der Waals surface area contributed by atoms with E-state index in [-0.39, 0.29) is 16.5 Å². The minimum absolute atomic E-state index is 0.0203. The van der Waals surface area contributed by atoms with Crippen LogP contribution in [0.5, 0.6) is 0 Å². The summed E-state index contributed by atoms with van der Waals surface area (Å²) in [5.74, 6) is -1.11. The smallest absolute Gasteiger partial charge is 0.335 e. The van der Waals surface area contributed by atoms with Crippen molar-refractivity contribution in [2.75, 3.05) is 26.2 Å². The van der Waals surface area contributed by atoms with Crippen LogP contribution in [0.15, 0.2) is 17.0 Å². The molecule has 0 aromatic heterocycles. The second kappa shape index (κ2) is 6.46. The van der Waals surface area contributed by atoms with Crippen LogP contribution in [0.25, 0.3) is 0 Å². The number of carboxylic acid groups (broad SMARTS) is 1. The molecule has 1 aromatic carbocycles. The first-order valence-corrected chi connectivity index (χ1v) is 9.83. The van der Waals surface area contributed by atoms with Crippen molar-refractivity contribution in [1.29, 1.82) is 0 Å². The molecule has 1 atom stereocenters. The Balaban J connectivity index is 1.89. The highest BCUT2D eigenvalue weighted by molar-refractivity contribution is 7.89. The zero-order valence-electron chi connectivity index (χ0n) is 14.2. The van der Waals surface area contributed by atoms with E-state index in [0.29, 0.717) is 24.2 Å². The number of carbonyl (C=O) groups is 1. The lowest BCUT2D eigenvalue weighted by Crippen LogP contribution is -2.37. The maximum Gasteiger partial charge on any atom is 0.335 e. The zero-order chi connectivity index (χ0) is 17.5. The zero-order valence-corrected chi connectivity index (χ0v) is 15.0. The number of sulfonamides is 1. The van der Waals surface area contributed by atoms with Gasteiger partial charge in [-0.15, -0.1) is 0 Å². The SMILES string of the molecule is Cc1cc(C(=O)O)cc(S(=O)(=O)N2CC[C@H](N3CCCC3)C2)c1C. The molecule has 3 rings (SSSR count). The first kappa shape index (κ1) is 17.4. The summed E-state index contributed by atoms with van der Waals surface area (Å²) in [4.78, 5) is 13.8. The van der Waals surface area contributed by atoms with Crippen LogP contribution in [0.4, 0.5) is 0 Å². The quantitative estimate of drug-likeness (QED) is 0.895. The molecule has 24 heavy (non-hydrogen) atoms. The van der Waals surface area contributed by atoms with Gasteiger partial charge in [0.1, 0.15) is 0 Å². The molecule has 2 fully saturated rings. The van der Waals surface area contributed by atoms with E-state index in [1.165, 1.54) is 29.3 Å². The number of hydrogen-bond acceptors (Lipinski definition) is 4. The largest absolute Gasteiger partial charge is 0.478 e. The molecular formula is C17H24N2O4S. The molecule has 1 aromatic rings. The lowest BCUT2D eigenvalue weighted by atomic mass is 10.1. The number of aromatic carboxylic acids is 1. The molecule has 1 N–H and O–H groups in total. The standard InChI is InChI=1S/C17H24N2O4S/c1-12-9-14(17(20)21)10-16(13(12)2)24(22,23)19-8-5-15(11-19)18-6-3-4-7-18/h9-10,15H,3-8,11H2,1-2H3,(H,20,21)/t15-/m0/s1. The third-order valence-corrected chi connectivity index (χ3v) is 7.26. The highest BCUT2D eigenvalue weighted by Crippen LogP contribution is 2.29. The van der Waals surface area contributed by atoms with E-state index in [1.807, 2.05) is 0 Å². The Labute approximate surface area is 143 Å².